The Balaban J connectivity index is 1.37. The van der Waals surface area contributed by atoms with Crippen LogP contribution in [0.3, 0.4) is 0 Å². The van der Waals surface area contributed by atoms with E-state index in [1.807, 2.05) is 35.4 Å². The van der Waals surface area contributed by atoms with Crippen molar-refractivity contribution in [3.63, 3.8) is 0 Å². The third-order valence-corrected chi connectivity index (χ3v) is 6.59. The van der Waals surface area contributed by atoms with Gasteiger partial charge in [0.1, 0.15) is 0 Å². The van der Waals surface area contributed by atoms with Crippen LogP contribution in [0.1, 0.15) is 34.0 Å². The summed E-state index contributed by atoms with van der Waals surface area (Å²) < 4.78 is 0. The van der Waals surface area contributed by atoms with Crippen molar-refractivity contribution in [1.29, 1.82) is 0 Å². The second-order valence-electron chi connectivity index (χ2n) is 8.25. The lowest BCUT2D eigenvalue weighted by Gasteiger charge is -2.39. The number of fused-ring (bicyclic) bond motifs is 2. The molecular weight excluding hydrogens is 408 g/mol. The molecule has 5 rings (SSSR count). The van der Waals surface area contributed by atoms with Crippen molar-refractivity contribution in [3.8, 4) is 0 Å². The van der Waals surface area contributed by atoms with E-state index >= 15 is 0 Å². The van der Waals surface area contributed by atoms with Gasteiger partial charge >= 0.3 is 0 Å². The van der Waals surface area contributed by atoms with Crippen LogP contribution in [0.2, 0.25) is 5.02 Å². The van der Waals surface area contributed by atoms with E-state index < -0.39 is 0 Å². The van der Waals surface area contributed by atoms with Gasteiger partial charge < -0.3 is 4.90 Å². The Labute approximate surface area is 187 Å². The zero-order valence-electron chi connectivity index (χ0n) is 17.4. The molecule has 1 aliphatic carbocycles. The van der Waals surface area contributed by atoms with Crippen LogP contribution in [0.25, 0.3) is 0 Å². The normalized spacial score (nSPS) is 18.7. The molecule has 1 saturated heterocycles. The summed E-state index contributed by atoms with van der Waals surface area (Å²) in [6, 6.07) is 14.4. The standard InChI is InChI=1S/C25H25ClN4O/c26-21-7-8-22-20(16-21)6-5-19-4-2-10-28-24(19)25(22)30-13-11-29(12-14-30)23(31)15-18-3-1-9-27-17-18/h1-4,7-10,16-17,25H,5-6,11-15H2/t25-/m1/s1. The molecule has 3 heterocycles. The van der Waals surface area contributed by atoms with Crippen molar-refractivity contribution in [1.82, 2.24) is 19.8 Å². The first-order valence-electron chi connectivity index (χ1n) is 10.8. The number of carbonyl (C=O) groups is 1. The van der Waals surface area contributed by atoms with Gasteiger partial charge in [0.2, 0.25) is 5.91 Å². The molecule has 1 atom stereocenters. The van der Waals surface area contributed by atoms with Gasteiger partial charge in [0.05, 0.1) is 18.2 Å². The van der Waals surface area contributed by atoms with Gasteiger partial charge in [-0.1, -0.05) is 29.8 Å². The molecule has 2 aromatic heterocycles. The van der Waals surface area contributed by atoms with E-state index in [2.05, 4.69) is 28.1 Å². The highest BCUT2D eigenvalue weighted by atomic mass is 35.5. The summed E-state index contributed by atoms with van der Waals surface area (Å²) >= 11 is 6.32. The highest BCUT2D eigenvalue weighted by molar-refractivity contribution is 6.30. The monoisotopic (exact) mass is 432 g/mol. The quantitative estimate of drug-likeness (QED) is 0.633. The number of pyridine rings is 2. The van der Waals surface area contributed by atoms with Crippen molar-refractivity contribution in [3.05, 3.63) is 94.0 Å². The highest BCUT2D eigenvalue weighted by Crippen LogP contribution is 2.37. The summed E-state index contributed by atoms with van der Waals surface area (Å²) in [7, 11) is 0. The second-order valence-corrected chi connectivity index (χ2v) is 8.68. The van der Waals surface area contributed by atoms with Crippen LogP contribution in [0, 0.1) is 0 Å². The number of piperazine rings is 1. The topological polar surface area (TPSA) is 49.3 Å². The molecule has 0 N–H and O–H groups in total. The first-order valence-corrected chi connectivity index (χ1v) is 11.2. The average Bonchev–Trinajstić information content (AvgIpc) is 2.96. The highest BCUT2D eigenvalue weighted by Gasteiger charge is 2.33. The van der Waals surface area contributed by atoms with Crippen molar-refractivity contribution < 1.29 is 4.79 Å². The lowest BCUT2D eigenvalue weighted by molar-refractivity contribution is -0.132. The van der Waals surface area contributed by atoms with E-state index in [4.69, 9.17) is 16.6 Å². The van der Waals surface area contributed by atoms with Gasteiger partial charge in [0.25, 0.3) is 0 Å². The maximum absolute atomic E-state index is 12.8. The average molecular weight is 433 g/mol. The summed E-state index contributed by atoms with van der Waals surface area (Å²) in [4.78, 5) is 26.2. The van der Waals surface area contributed by atoms with Gasteiger partial charge in [0.15, 0.2) is 0 Å². The Morgan fingerprint density at radius 3 is 2.61 bits per heavy atom. The number of benzene rings is 1. The Morgan fingerprint density at radius 1 is 1.00 bits per heavy atom. The molecule has 3 aromatic rings. The van der Waals surface area contributed by atoms with E-state index in [0.29, 0.717) is 6.42 Å². The van der Waals surface area contributed by atoms with E-state index in [0.717, 1.165) is 55.3 Å². The minimum absolute atomic E-state index is 0.0987. The molecular formula is C25H25ClN4O. The molecule has 6 heteroatoms. The molecule has 0 saturated carbocycles. The molecule has 31 heavy (non-hydrogen) atoms. The van der Waals surface area contributed by atoms with Gasteiger partial charge in [-0.15, -0.1) is 0 Å². The van der Waals surface area contributed by atoms with E-state index in [-0.39, 0.29) is 11.9 Å². The largest absolute Gasteiger partial charge is 0.340 e. The third kappa shape index (κ3) is 4.21. The molecule has 1 aromatic carbocycles. The fraction of sp³-hybridized carbons (Fsp3) is 0.320. The van der Waals surface area contributed by atoms with Crippen molar-refractivity contribution >= 4 is 17.5 Å². The number of halogens is 1. The number of nitrogens with zero attached hydrogens (tertiary/aromatic N) is 4. The maximum atomic E-state index is 12.8. The molecule has 1 amide bonds. The third-order valence-electron chi connectivity index (χ3n) is 6.36. The summed E-state index contributed by atoms with van der Waals surface area (Å²) in [5.41, 5.74) is 5.99. The Bertz CT molecular complexity index is 1080. The molecule has 5 nitrogen and oxygen atoms in total. The van der Waals surface area contributed by atoms with Crippen LogP contribution in [-0.4, -0.2) is 51.9 Å². The van der Waals surface area contributed by atoms with Gasteiger partial charge in [-0.3, -0.25) is 19.7 Å². The van der Waals surface area contributed by atoms with Crippen molar-refractivity contribution in [2.75, 3.05) is 26.2 Å². The molecule has 0 unspecified atom stereocenters. The number of rotatable bonds is 3. The number of amides is 1. The van der Waals surface area contributed by atoms with E-state index in [1.165, 1.54) is 16.7 Å². The number of aromatic nitrogens is 2. The minimum atomic E-state index is 0.0987. The predicted molar refractivity (Wildman–Crippen MR) is 121 cm³/mol. The second kappa shape index (κ2) is 8.77. The van der Waals surface area contributed by atoms with Crippen molar-refractivity contribution in [2.24, 2.45) is 0 Å². The Kier molecular flexibility index (Phi) is 5.70. The molecule has 1 fully saturated rings. The lowest BCUT2D eigenvalue weighted by atomic mass is 9.96. The van der Waals surface area contributed by atoms with Crippen LogP contribution in [0.5, 0.6) is 0 Å². The summed E-state index contributed by atoms with van der Waals surface area (Å²) in [5.74, 6) is 0.166. The number of carbonyl (C=O) groups excluding carboxylic acids is 1. The minimum Gasteiger partial charge on any atom is -0.340 e. The number of hydrogen-bond acceptors (Lipinski definition) is 4. The van der Waals surface area contributed by atoms with E-state index in [9.17, 15) is 4.79 Å². The molecule has 0 spiro atoms. The fourth-order valence-electron chi connectivity index (χ4n) is 4.77. The summed E-state index contributed by atoms with van der Waals surface area (Å²) in [6.07, 6.45) is 7.73. The molecule has 0 bridgehead atoms. The molecule has 2 aliphatic rings. The zero-order chi connectivity index (χ0) is 21.2. The first-order chi connectivity index (χ1) is 15.2. The predicted octanol–water partition coefficient (Wildman–Crippen LogP) is 3.70. The number of aryl methyl sites for hydroxylation is 2. The molecule has 1 aliphatic heterocycles. The summed E-state index contributed by atoms with van der Waals surface area (Å²) in [5, 5.41) is 0.780. The lowest BCUT2D eigenvalue weighted by Crippen LogP contribution is -2.50. The van der Waals surface area contributed by atoms with Crippen LogP contribution >= 0.6 is 11.6 Å². The fourth-order valence-corrected chi connectivity index (χ4v) is 4.97. The Morgan fingerprint density at radius 2 is 1.81 bits per heavy atom. The van der Waals surface area contributed by atoms with Gasteiger partial charge in [-0.25, -0.2) is 0 Å². The van der Waals surface area contributed by atoms with Gasteiger partial charge in [-0.05, 0) is 59.4 Å². The smallest absolute Gasteiger partial charge is 0.227 e. The Hall–Kier alpha value is -2.76. The van der Waals surface area contributed by atoms with Gasteiger partial charge in [-0.2, -0.15) is 0 Å². The van der Waals surface area contributed by atoms with Crippen LogP contribution in [0.4, 0.5) is 0 Å². The van der Waals surface area contributed by atoms with Gasteiger partial charge in [0, 0.05) is 49.8 Å². The number of hydrogen-bond donors (Lipinski definition) is 0. The molecule has 158 valence electrons. The SMILES string of the molecule is O=C(Cc1cccnc1)N1CCN([C@@H]2c3ccc(Cl)cc3CCc3cccnc32)CC1. The maximum Gasteiger partial charge on any atom is 0.227 e. The van der Waals surface area contributed by atoms with Crippen molar-refractivity contribution in [2.45, 2.75) is 25.3 Å². The van der Waals surface area contributed by atoms with Crippen LogP contribution in [0.15, 0.2) is 61.1 Å². The summed E-state index contributed by atoms with van der Waals surface area (Å²) in [6.45, 7) is 3.09. The molecule has 0 radical (unpaired) electrons. The first kappa shape index (κ1) is 20.2. The zero-order valence-corrected chi connectivity index (χ0v) is 18.1. The van der Waals surface area contributed by atoms with E-state index in [1.54, 1.807) is 12.4 Å². The van der Waals surface area contributed by atoms with Crippen LogP contribution in [-0.2, 0) is 24.1 Å². The van der Waals surface area contributed by atoms with Crippen LogP contribution < -0.4 is 0 Å².